The first-order valence-electron chi connectivity index (χ1n) is 7.26. The molecule has 0 radical (unpaired) electrons. The molecule has 2 aliphatic rings. The number of likely N-dealkylation sites (N-methyl/N-ethyl adjacent to an activating group) is 1. The largest absolute Gasteiger partial charge is 0.486 e. The quantitative estimate of drug-likeness (QED) is 0.884. The molecule has 0 aliphatic carbocycles. The summed E-state index contributed by atoms with van der Waals surface area (Å²) in [5.74, 6) is 1.60. The van der Waals surface area contributed by atoms with Crippen LogP contribution in [-0.2, 0) is 4.79 Å². The van der Waals surface area contributed by atoms with Crippen LogP contribution in [0.5, 0.6) is 11.5 Å². The van der Waals surface area contributed by atoms with Crippen LogP contribution in [0.4, 0.5) is 0 Å². The van der Waals surface area contributed by atoms with Crippen LogP contribution in [0.15, 0.2) is 16.6 Å². The molecule has 1 fully saturated rings. The summed E-state index contributed by atoms with van der Waals surface area (Å²) < 4.78 is 12.1. The number of benzene rings is 1. The van der Waals surface area contributed by atoms with Crippen LogP contribution >= 0.6 is 15.9 Å². The van der Waals surface area contributed by atoms with Gasteiger partial charge in [-0.05, 0) is 47.0 Å². The molecule has 2 unspecified atom stereocenters. The summed E-state index contributed by atoms with van der Waals surface area (Å²) in [4.78, 5) is 14.0. The summed E-state index contributed by atoms with van der Waals surface area (Å²) in [5, 5.41) is 0. The van der Waals surface area contributed by atoms with Crippen LogP contribution in [-0.4, -0.2) is 36.6 Å². The van der Waals surface area contributed by atoms with Crippen molar-refractivity contribution in [1.82, 2.24) is 4.90 Å². The van der Waals surface area contributed by atoms with Gasteiger partial charge in [0.05, 0.1) is 10.5 Å². The number of nitrogens with two attached hydrogens (primary N) is 1. The minimum absolute atomic E-state index is 0.0582. The van der Waals surface area contributed by atoms with E-state index in [1.807, 2.05) is 24.0 Å². The molecule has 0 aromatic heterocycles. The lowest BCUT2D eigenvalue weighted by Gasteiger charge is -2.39. The maximum atomic E-state index is 12.1. The number of fused-ring (bicyclic) bond motifs is 1. The molecule has 0 bridgehead atoms. The number of halogens is 1. The fourth-order valence-electron chi connectivity index (χ4n) is 3.08. The van der Waals surface area contributed by atoms with E-state index in [-0.39, 0.29) is 18.0 Å². The van der Waals surface area contributed by atoms with Gasteiger partial charge in [-0.1, -0.05) is 0 Å². The number of hydrogen-bond acceptors (Lipinski definition) is 4. The Bertz CT molecular complexity index is 564. The Balaban J connectivity index is 2.01. The summed E-state index contributed by atoms with van der Waals surface area (Å²) in [6, 6.07) is 3.77. The minimum Gasteiger partial charge on any atom is -0.486 e. The van der Waals surface area contributed by atoms with Gasteiger partial charge in [0.2, 0.25) is 5.91 Å². The summed E-state index contributed by atoms with van der Waals surface area (Å²) in [6.45, 7) is 3.72. The Labute approximate surface area is 132 Å². The van der Waals surface area contributed by atoms with Gasteiger partial charge in [0.25, 0.3) is 0 Å². The molecule has 114 valence electrons. The molecule has 0 spiro atoms. The smallest absolute Gasteiger partial charge is 0.223 e. The molecule has 2 atom stereocenters. The van der Waals surface area contributed by atoms with Crippen molar-refractivity contribution in [3.8, 4) is 11.5 Å². The normalized spacial score (nSPS) is 25.1. The zero-order chi connectivity index (χ0) is 15.0. The predicted octanol–water partition coefficient (Wildman–Crippen LogP) is 2.23. The number of ether oxygens (including phenoxy) is 2. The van der Waals surface area contributed by atoms with E-state index in [1.54, 1.807) is 0 Å². The number of hydrogen-bond donors (Lipinski definition) is 1. The van der Waals surface area contributed by atoms with Crippen molar-refractivity contribution in [2.45, 2.75) is 31.8 Å². The zero-order valence-corrected chi connectivity index (χ0v) is 13.6. The third-order valence-corrected chi connectivity index (χ3v) is 4.64. The molecule has 1 amide bonds. The monoisotopic (exact) mass is 354 g/mol. The first kappa shape index (κ1) is 14.7. The predicted molar refractivity (Wildman–Crippen MR) is 82.5 cm³/mol. The summed E-state index contributed by atoms with van der Waals surface area (Å²) in [7, 11) is 0. The van der Waals surface area contributed by atoms with Crippen LogP contribution in [0.1, 0.15) is 31.4 Å². The van der Waals surface area contributed by atoms with Gasteiger partial charge < -0.3 is 20.1 Å². The average molecular weight is 355 g/mol. The Kier molecular flexibility index (Phi) is 4.08. The van der Waals surface area contributed by atoms with Gasteiger partial charge in [0.1, 0.15) is 13.2 Å². The Morgan fingerprint density at radius 2 is 2.14 bits per heavy atom. The number of piperidine rings is 1. The van der Waals surface area contributed by atoms with Crippen molar-refractivity contribution in [3.05, 3.63) is 22.2 Å². The molecule has 1 saturated heterocycles. The Hall–Kier alpha value is -1.27. The van der Waals surface area contributed by atoms with E-state index in [2.05, 4.69) is 15.9 Å². The highest BCUT2D eigenvalue weighted by Crippen LogP contribution is 2.42. The molecule has 6 heteroatoms. The van der Waals surface area contributed by atoms with Crippen LogP contribution < -0.4 is 15.2 Å². The standard InChI is InChI=1S/C15H19BrN2O3/c1-2-18-13(19)4-3-11(17)14(18)9-7-10(16)15-12(8-9)20-5-6-21-15/h7-8,11,14H,2-6,17H2,1H3. The minimum atomic E-state index is -0.108. The lowest BCUT2D eigenvalue weighted by molar-refractivity contribution is -0.137. The van der Waals surface area contributed by atoms with Crippen LogP contribution in [0.25, 0.3) is 0 Å². The van der Waals surface area contributed by atoms with E-state index in [0.717, 1.165) is 15.8 Å². The van der Waals surface area contributed by atoms with Gasteiger partial charge in [-0.2, -0.15) is 0 Å². The number of rotatable bonds is 2. The fourth-order valence-corrected chi connectivity index (χ4v) is 3.65. The van der Waals surface area contributed by atoms with E-state index >= 15 is 0 Å². The molecular weight excluding hydrogens is 336 g/mol. The van der Waals surface area contributed by atoms with Crippen LogP contribution in [0, 0.1) is 0 Å². The van der Waals surface area contributed by atoms with Gasteiger partial charge in [0.15, 0.2) is 11.5 Å². The molecule has 2 aliphatic heterocycles. The Morgan fingerprint density at radius 3 is 2.90 bits per heavy atom. The SMILES string of the molecule is CCN1C(=O)CCC(N)C1c1cc(Br)c2c(c1)OCCO2. The highest BCUT2D eigenvalue weighted by molar-refractivity contribution is 9.10. The maximum absolute atomic E-state index is 12.1. The lowest BCUT2D eigenvalue weighted by atomic mass is 9.90. The van der Waals surface area contributed by atoms with Gasteiger partial charge in [0, 0.05) is 19.0 Å². The Morgan fingerprint density at radius 1 is 1.38 bits per heavy atom. The summed E-state index contributed by atoms with van der Waals surface area (Å²) >= 11 is 3.53. The van der Waals surface area contributed by atoms with Gasteiger partial charge >= 0.3 is 0 Å². The maximum Gasteiger partial charge on any atom is 0.223 e. The topological polar surface area (TPSA) is 64.8 Å². The summed E-state index contributed by atoms with van der Waals surface area (Å²) in [5.41, 5.74) is 7.28. The highest BCUT2D eigenvalue weighted by atomic mass is 79.9. The number of amides is 1. The molecule has 5 nitrogen and oxygen atoms in total. The van der Waals surface area contributed by atoms with Crippen molar-refractivity contribution >= 4 is 21.8 Å². The van der Waals surface area contributed by atoms with Crippen LogP contribution in [0.2, 0.25) is 0 Å². The van der Waals surface area contributed by atoms with E-state index in [1.165, 1.54) is 0 Å². The van der Waals surface area contributed by atoms with E-state index < -0.39 is 0 Å². The van der Waals surface area contributed by atoms with Crippen LogP contribution in [0.3, 0.4) is 0 Å². The second kappa shape index (κ2) is 5.85. The van der Waals surface area contributed by atoms with Gasteiger partial charge in [-0.3, -0.25) is 4.79 Å². The van der Waals surface area contributed by atoms with Crippen molar-refractivity contribution < 1.29 is 14.3 Å². The molecule has 3 rings (SSSR count). The first-order chi connectivity index (χ1) is 10.1. The molecule has 0 saturated carbocycles. The molecular formula is C15H19BrN2O3. The van der Waals surface area contributed by atoms with Gasteiger partial charge in [-0.15, -0.1) is 0 Å². The number of carbonyl (C=O) groups excluding carboxylic acids is 1. The summed E-state index contributed by atoms with van der Waals surface area (Å²) in [6.07, 6.45) is 1.24. The highest BCUT2D eigenvalue weighted by Gasteiger charge is 2.35. The average Bonchev–Trinajstić information content (AvgIpc) is 2.49. The zero-order valence-electron chi connectivity index (χ0n) is 12.0. The molecule has 1 aromatic rings. The molecule has 1 aromatic carbocycles. The van der Waals surface area contributed by atoms with Crippen molar-refractivity contribution in [3.63, 3.8) is 0 Å². The second-order valence-electron chi connectivity index (χ2n) is 5.35. The number of likely N-dealkylation sites (tertiary alicyclic amines) is 1. The fraction of sp³-hybridized carbons (Fsp3) is 0.533. The van der Waals surface area contributed by atoms with Crippen molar-refractivity contribution in [2.24, 2.45) is 5.73 Å². The third kappa shape index (κ3) is 2.62. The molecule has 2 N–H and O–H groups in total. The van der Waals surface area contributed by atoms with Crippen molar-refractivity contribution in [1.29, 1.82) is 0 Å². The van der Waals surface area contributed by atoms with Gasteiger partial charge in [-0.25, -0.2) is 0 Å². The second-order valence-corrected chi connectivity index (χ2v) is 6.21. The molecule has 21 heavy (non-hydrogen) atoms. The number of nitrogens with zero attached hydrogens (tertiary/aromatic N) is 1. The van der Waals surface area contributed by atoms with E-state index in [9.17, 15) is 4.79 Å². The van der Waals surface area contributed by atoms with E-state index in [0.29, 0.717) is 38.3 Å². The van der Waals surface area contributed by atoms with Crippen molar-refractivity contribution in [2.75, 3.05) is 19.8 Å². The lowest BCUT2D eigenvalue weighted by Crippen LogP contribution is -2.48. The van der Waals surface area contributed by atoms with E-state index in [4.69, 9.17) is 15.2 Å². The third-order valence-electron chi connectivity index (χ3n) is 4.05. The number of carbonyl (C=O) groups is 1. The first-order valence-corrected chi connectivity index (χ1v) is 8.05. The molecule has 2 heterocycles.